The summed E-state index contributed by atoms with van der Waals surface area (Å²) < 4.78 is 0. The van der Waals surface area contributed by atoms with Crippen molar-refractivity contribution in [1.29, 1.82) is 0 Å². The highest BCUT2D eigenvalue weighted by Crippen LogP contribution is 2.25. The second-order valence-electron chi connectivity index (χ2n) is 4.59. The third-order valence-electron chi connectivity index (χ3n) is 3.26. The van der Waals surface area contributed by atoms with E-state index in [1.165, 1.54) is 19.3 Å². The molecule has 0 saturated heterocycles. The topological polar surface area (TPSA) is 55.1 Å². The Labute approximate surface area is 108 Å². The minimum absolute atomic E-state index is 0.000217. The van der Waals surface area contributed by atoms with Crippen LogP contribution in [0.4, 0.5) is 0 Å². The molecule has 0 spiro atoms. The molecule has 1 amide bonds. The molecule has 0 atom stereocenters. The number of carbonyl (C=O) groups excluding carboxylic acids is 1. The Balaban J connectivity index is 1.89. The van der Waals surface area contributed by atoms with Gasteiger partial charge in [0, 0.05) is 17.7 Å². The van der Waals surface area contributed by atoms with Crippen LogP contribution in [0.3, 0.4) is 0 Å². The molecule has 2 rings (SSSR count). The monoisotopic (exact) mass is 242 g/mol. The van der Waals surface area contributed by atoms with Crippen LogP contribution in [0.5, 0.6) is 0 Å². The molecule has 0 aromatic heterocycles. The van der Waals surface area contributed by atoms with Crippen LogP contribution < -0.4 is 11.1 Å². The van der Waals surface area contributed by atoms with Crippen molar-refractivity contribution in [3.63, 3.8) is 0 Å². The minimum atomic E-state index is 0.000217. The maximum absolute atomic E-state index is 11.8. The fourth-order valence-electron chi connectivity index (χ4n) is 1.89. The Morgan fingerprint density at radius 1 is 1.33 bits per heavy atom. The van der Waals surface area contributed by atoms with Gasteiger partial charge in [-0.1, -0.05) is 18.3 Å². The van der Waals surface area contributed by atoms with E-state index >= 15 is 0 Å². The summed E-state index contributed by atoms with van der Waals surface area (Å²) in [6.07, 6.45) is 3.79. The van der Waals surface area contributed by atoms with Gasteiger partial charge >= 0.3 is 0 Å². The summed E-state index contributed by atoms with van der Waals surface area (Å²) in [6, 6.07) is 7.30. The molecule has 0 heterocycles. The molecule has 1 aliphatic carbocycles. The van der Waals surface area contributed by atoms with Gasteiger partial charge in [0.15, 0.2) is 0 Å². The van der Waals surface area contributed by atoms with Crippen molar-refractivity contribution >= 4 is 5.91 Å². The number of carbonyl (C=O) groups is 1. The fraction of sp³-hybridized carbons (Fsp3) is 0.400. The van der Waals surface area contributed by atoms with Crippen LogP contribution in [0.2, 0.25) is 0 Å². The second kappa shape index (κ2) is 6.23. The lowest BCUT2D eigenvalue weighted by Gasteiger charge is -2.25. The number of benzene rings is 1. The van der Waals surface area contributed by atoms with E-state index in [0.717, 1.165) is 12.1 Å². The van der Waals surface area contributed by atoms with Crippen LogP contribution in [-0.4, -0.2) is 19.0 Å². The number of nitrogens with two attached hydrogens (primary N) is 1. The highest BCUT2D eigenvalue weighted by atomic mass is 16.1. The lowest BCUT2D eigenvalue weighted by atomic mass is 9.85. The van der Waals surface area contributed by atoms with Gasteiger partial charge in [-0.15, -0.1) is 0 Å². The molecule has 1 aliphatic rings. The highest BCUT2D eigenvalue weighted by Gasteiger charge is 2.18. The predicted molar refractivity (Wildman–Crippen MR) is 72.0 cm³/mol. The fourth-order valence-corrected chi connectivity index (χ4v) is 1.89. The molecule has 18 heavy (non-hydrogen) atoms. The van der Waals surface area contributed by atoms with Gasteiger partial charge in [-0.25, -0.2) is 0 Å². The largest absolute Gasteiger partial charge is 0.352 e. The van der Waals surface area contributed by atoms with Crippen LogP contribution in [0.15, 0.2) is 24.3 Å². The molecule has 0 aliphatic heterocycles. The number of nitrogens with one attached hydrogen (secondary N) is 1. The Morgan fingerprint density at radius 2 is 2.06 bits per heavy atom. The normalized spacial score (nSPS) is 14.3. The van der Waals surface area contributed by atoms with E-state index in [2.05, 4.69) is 17.2 Å². The highest BCUT2D eigenvalue weighted by molar-refractivity contribution is 5.94. The summed E-state index contributed by atoms with van der Waals surface area (Å²) in [7, 11) is 0. The number of hydrogen-bond donors (Lipinski definition) is 2. The number of amides is 1. The molecule has 0 radical (unpaired) electrons. The van der Waals surface area contributed by atoms with Crippen LogP contribution in [0.25, 0.3) is 0 Å². The van der Waals surface area contributed by atoms with E-state index in [9.17, 15) is 4.79 Å². The van der Waals surface area contributed by atoms with Crippen LogP contribution in [-0.2, 0) is 0 Å². The van der Waals surface area contributed by atoms with E-state index in [1.54, 1.807) is 12.1 Å². The minimum Gasteiger partial charge on any atom is -0.352 e. The molecule has 3 nitrogen and oxygen atoms in total. The lowest BCUT2D eigenvalue weighted by Crippen LogP contribution is -2.32. The van der Waals surface area contributed by atoms with Crippen molar-refractivity contribution in [3.05, 3.63) is 35.4 Å². The number of rotatable bonds is 3. The molecule has 94 valence electrons. The molecule has 1 fully saturated rings. The van der Waals surface area contributed by atoms with Crippen molar-refractivity contribution in [2.75, 3.05) is 13.1 Å². The van der Waals surface area contributed by atoms with Crippen molar-refractivity contribution in [2.45, 2.75) is 19.3 Å². The first-order chi connectivity index (χ1) is 8.79. The zero-order chi connectivity index (χ0) is 12.8. The summed E-state index contributed by atoms with van der Waals surface area (Å²) in [5.41, 5.74) is 6.88. The third-order valence-corrected chi connectivity index (χ3v) is 3.26. The Bertz CT molecular complexity index is 464. The lowest BCUT2D eigenvalue weighted by molar-refractivity contribution is 0.0939. The first-order valence-electron chi connectivity index (χ1n) is 6.37. The van der Waals surface area contributed by atoms with E-state index in [1.807, 2.05) is 12.1 Å². The molecule has 1 aromatic rings. The van der Waals surface area contributed by atoms with Gasteiger partial charge in [0.05, 0.1) is 6.54 Å². The van der Waals surface area contributed by atoms with Crippen molar-refractivity contribution in [2.24, 2.45) is 11.7 Å². The SMILES string of the molecule is NCC#Cc1ccc(C(=O)NCC2CCC2)cc1. The number of hydrogen-bond acceptors (Lipinski definition) is 2. The van der Waals surface area contributed by atoms with E-state index in [-0.39, 0.29) is 5.91 Å². The summed E-state index contributed by atoms with van der Waals surface area (Å²) in [4.78, 5) is 11.8. The van der Waals surface area contributed by atoms with Gasteiger partial charge in [-0.2, -0.15) is 0 Å². The predicted octanol–water partition coefficient (Wildman–Crippen LogP) is 1.53. The van der Waals surface area contributed by atoms with E-state index < -0.39 is 0 Å². The summed E-state index contributed by atoms with van der Waals surface area (Å²) in [6.45, 7) is 1.15. The summed E-state index contributed by atoms with van der Waals surface area (Å²) >= 11 is 0. The molecule has 1 saturated carbocycles. The zero-order valence-electron chi connectivity index (χ0n) is 10.4. The summed E-state index contributed by atoms with van der Waals surface area (Å²) in [5.74, 6) is 6.40. The third kappa shape index (κ3) is 3.35. The maximum atomic E-state index is 11.8. The Kier molecular flexibility index (Phi) is 4.38. The van der Waals surface area contributed by atoms with Gasteiger partial charge in [0.2, 0.25) is 0 Å². The first-order valence-corrected chi connectivity index (χ1v) is 6.37. The van der Waals surface area contributed by atoms with Gasteiger partial charge in [-0.05, 0) is 43.0 Å². The van der Waals surface area contributed by atoms with Crippen LogP contribution in [0.1, 0.15) is 35.2 Å². The van der Waals surface area contributed by atoms with Crippen molar-refractivity contribution in [3.8, 4) is 11.8 Å². The Hall–Kier alpha value is -1.79. The maximum Gasteiger partial charge on any atom is 0.251 e. The molecule has 3 heteroatoms. The standard InChI is InChI=1S/C15H18N2O/c16-10-2-5-12-6-8-14(9-7-12)15(18)17-11-13-3-1-4-13/h6-9,13H,1,3-4,10-11,16H2,(H,17,18). The second-order valence-corrected chi connectivity index (χ2v) is 4.59. The zero-order valence-corrected chi connectivity index (χ0v) is 10.4. The van der Waals surface area contributed by atoms with E-state index in [0.29, 0.717) is 18.0 Å². The Morgan fingerprint density at radius 3 is 2.61 bits per heavy atom. The molecule has 0 bridgehead atoms. The van der Waals surface area contributed by atoms with Crippen LogP contribution >= 0.6 is 0 Å². The molecule has 1 aromatic carbocycles. The van der Waals surface area contributed by atoms with Crippen LogP contribution in [0, 0.1) is 17.8 Å². The average molecular weight is 242 g/mol. The van der Waals surface area contributed by atoms with E-state index in [4.69, 9.17) is 5.73 Å². The van der Waals surface area contributed by atoms with Gasteiger partial charge in [-0.3, -0.25) is 4.79 Å². The van der Waals surface area contributed by atoms with Crippen molar-refractivity contribution < 1.29 is 4.79 Å². The van der Waals surface area contributed by atoms with Crippen molar-refractivity contribution in [1.82, 2.24) is 5.32 Å². The quantitative estimate of drug-likeness (QED) is 0.790. The first kappa shape index (κ1) is 12.7. The van der Waals surface area contributed by atoms with Gasteiger partial charge in [0.1, 0.15) is 0 Å². The molecular weight excluding hydrogens is 224 g/mol. The van der Waals surface area contributed by atoms with Gasteiger partial charge < -0.3 is 11.1 Å². The smallest absolute Gasteiger partial charge is 0.251 e. The van der Waals surface area contributed by atoms with Gasteiger partial charge in [0.25, 0.3) is 5.91 Å². The molecule has 0 unspecified atom stereocenters. The average Bonchev–Trinajstić information content (AvgIpc) is 2.35. The molecule has 3 N–H and O–H groups in total. The molecular formula is C15H18N2O. The summed E-state index contributed by atoms with van der Waals surface area (Å²) in [5, 5.41) is 2.97.